The van der Waals surface area contributed by atoms with Crippen molar-refractivity contribution in [2.75, 3.05) is 5.73 Å². The Kier molecular flexibility index (Phi) is 3.15. The van der Waals surface area contributed by atoms with Crippen LogP contribution in [0.3, 0.4) is 0 Å². The molecule has 1 aromatic carbocycles. The second-order valence-corrected chi connectivity index (χ2v) is 5.87. The van der Waals surface area contributed by atoms with Gasteiger partial charge in [-0.3, -0.25) is 4.79 Å². The Balaban J connectivity index is 1.86. The van der Waals surface area contributed by atoms with Gasteiger partial charge in [-0.25, -0.2) is 0 Å². The Bertz CT molecular complexity index is 506. The second-order valence-electron chi connectivity index (χ2n) is 5.46. The third-order valence-corrected chi connectivity index (χ3v) is 4.53. The van der Waals surface area contributed by atoms with Gasteiger partial charge in [0.1, 0.15) is 0 Å². The molecule has 2 fully saturated rings. The highest BCUT2D eigenvalue weighted by Crippen LogP contribution is 2.37. The van der Waals surface area contributed by atoms with Gasteiger partial charge in [0.2, 0.25) is 0 Å². The summed E-state index contributed by atoms with van der Waals surface area (Å²) in [7, 11) is 0. The maximum atomic E-state index is 12.6. The molecule has 0 aliphatic carbocycles. The maximum absolute atomic E-state index is 12.6. The highest BCUT2D eigenvalue weighted by molar-refractivity contribution is 6.33. The molecule has 2 atom stereocenters. The molecule has 0 spiro atoms. The predicted octanol–water partition coefficient (Wildman–Crippen LogP) is 2.05. The number of anilines is 1. The van der Waals surface area contributed by atoms with Crippen LogP contribution in [0, 0.1) is 0 Å². The molecular formula is C14H17ClN2O2. The van der Waals surface area contributed by atoms with E-state index in [2.05, 4.69) is 0 Å². The first-order valence-electron chi connectivity index (χ1n) is 6.62. The highest BCUT2D eigenvalue weighted by Gasteiger charge is 2.42. The number of nitrogens with zero attached hydrogens (tertiary/aromatic N) is 1. The molecule has 19 heavy (non-hydrogen) atoms. The summed E-state index contributed by atoms with van der Waals surface area (Å²) in [6.07, 6.45) is 3.07. The molecule has 1 aromatic rings. The monoisotopic (exact) mass is 280 g/mol. The van der Waals surface area contributed by atoms with E-state index in [9.17, 15) is 9.90 Å². The van der Waals surface area contributed by atoms with Gasteiger partial charge >= 0.3 is 0 Å². The van der Waals surface area contributed by atoms with Crippen molar-refractivity contribution in [3.63, 3.8) is 0 Å². The Labute approximate surface area is 117 Å². The van der Waals surface area contributed by atoms with Crippen LogP contribution < -0.4 is 5.73 Å². The van der Waals surface area contributed by atoms with Crippen molar-refractivity contribution in [1.82, 2.24) is 4.90 Å². The minimum Gasteiger partial charge on any atom is -0.398 e. The van der Waals surface area contributed by atoms with Gasteiger partial charge < -0.3 is 15.7 Å². The summed E-state index contributed by atoms with van der Waals surface area (Å²) in [5.74, 6) is 0.00256. The van der Waals surface area contributed by atoms with Crippen molar-refractivity contribution in [2.45, 2.75) is 43.9 Å². The zero-order chi connectivity index (χ0) is 13.6. The van der Waals surface area contributed by atoms with Crippen LogP contribution in [-0.2, 0) is 0 Å². The molecule has 0 saturated carbocycles. The number of hydrogen-bond donors (Lipinski definition) is 2. The normalized spacial score (nSPS) is 29.6. The van der Waals surface area contributed by atoms with Crippen LogP contribution in [0.1, 0.15) is 36.0 Å². The minimum absolute atomic E-state index is 0.00256. The Morgan fingerprint density at radius 3 is 2.53 bits per heavy atom. The number of amides is 1. The molecule has 2 aliphatic heterocycles. The van der Waals surface area contributed by atoms with Gasteiger partial charge in [-0.15, -0.1) is 0 Å². The van der Waals surface area contributed by atoms with Gasteiger partial charge in [0.25, 0.3) is 5.91 Å². The number of carbonyl (C=O) groups is 1. The maximum Gasteiger partial charge on any atom is 0.254 e. The molecule has 0 radical (unpaired) electrons. The largest absolute Gasteiger partial charge is 0.398 e. The zero-order valence-electron chi connectivity index (χ0n) is 10.6. The van der Waals surface area contributed by atoms with Crippen LogP contribution in [0.2, 0.25) is 5.02 Å². The molecule has 1 amide bonds. The van der Waals surface area contributed by atoms with Gasteiger partial charge in [-0.05, 0) is 43.9 Å². The summed E-state index contributed by atoms with van der Waals surface area (Å²) in [5.41, 5.74) is 6.76. The summed E-state index contributed by atoms with van der Waals surface area (Å²) >= 11 is 5.88. The lowest BCUT2D eigenvalue weighted by Crippen LogP contribution is -2.48. The molecular weight excluding hydrogens is 264 g/mol. The molecule has 2 saturated heterocycles. The third-order valence-electron chi connectivity index (χ3n) is 4.19. The van der Waals surface area contributed by atoms with E-state index in [0.717, 1.165) is 12.8 Å². The first-order valence-corrected chi connectivity index (χ1v) is 7.00. The van der Waals surface area contributed by atoms with E-state index in [0.29, 0.717) is 29.1 Å². The van der Waals surface area contributed by atoms with Crippen LogP contribution in [0.5, 0.6) is 0 Å². The van der Waals surface area contributed by atoms with E-state index in [4.69, 9.17) is 17.3 Å². The summed E-state index contributed by atoms with van der Waals surface area (Å²) in [6.45, 7) is 0. The van der Waals surface area contributed by atoms with Gasteiger partial charge in [-0.1, -0.05) is 11.6 Å². The molecule has 2 aliphatic rings. The van der Waals surface area contributed by atoms with Crippen molar-refractivity contribution >= 4 is 23.2 Å². The van der Waals surface area contributed by atoms with Crippen LogP contribution in [0.15, 0.2) is 18.2 Å². The molecule has 2 heterocycles. The van der Waals surface area contributed by atoms with E-state index in [1.54, 1.807) is 18.2 Å². The second kappa shape index (κ2) is 4.69. The number of aliphatic hydroxyl groups is 1. The summed E-state index contributed by atoms with van der Waals surface area (Å²) in [6, 6.07) is 5.34. The quantitative estimate of drug-likeness (QED) is 0.774. The predicted molar refractivity (Wildman–Crippen MR) is 74.1 cm³/mol. The Morgan fingerprint density at radius 1 is 1.32 bits per heavy atom. The van der Waals surface area contributed by atoms with Gasteiger partial charge in [-0.2, -0.15) is 0 Å². The fraction of sp³-hybridized carbons (Fsp3) is 0.500. The molecule has 102 valence electrons. The summed E-state index contributed by atoms with van der Waals surface area (Å²) < 4.78 is 0. The number of piperidine rings is 1. The minimum atomic E-state index is -0.267. The first kappa shape index (κ1) is 12.8. The number of nitrogen functional groups attached to an aromatic ring is 1. The number of benzene rings is 1. The summed E-state index contributed by atoms with van der Waals surface area (Å²) in [4.78, 5) is 14.5. The van der Waals surface area contributed by atoms with Crippen molar-refractivity contribution < 1.29 is 9.90 Å². The average Bonchev–Trinajstić information content (AvgIpc) is 2.64. The zero-order valence-corrected chi connectivity index (χ0v) is 11.3. The highest BCUT2D eigenvalue weighted by atomic mass is 35.5. The van der Waals surface area contributed by atoms with Crippen LogP contribution in [0.25, 0.3) is 0 Å². The fourth-order valence-corrected chi connectivity index (χ4v) is 3.42. The first-order chi connectivity index (χ1) is 9.06. The number of aliphatic hydroxyl groups excluding tert-OH is 1. The van der Waals surface area contributed by atoms with E-state index < -0.39 is 0 Å². The lowest BCUT2D eigenvalue weighted by Gasteiger charge is -2.37. The van der Waals surface area contributed by atoms with Gasteiger partial charge in [0.05, 0.1) is 16.8 Å². The standard InChI is InChI=1S/C14H17ClN2O2/c15-12-4-1-8(5-13(12)16)14(19)17-9-2-3-10(17)7-11(18)6-9/h1,4-5,9-11,18H,2-3,6-7,16H2. The molecule has 2 unspecified atom stereocenters. The Morgan fingerprint density at radius 2 is 1.95 bits per heavy atom. The fourth-order valence-electron chi connectivity index (χ4n) is 3.31. The molecule has 2 bridgehead atoms. The van der Waals surface area contributed by atoms with E-state index >= 15 is 0 Å². The molecule has 3 rings (SSSR count). The Hall–Kier alpha value is -1.26. The molecule has 4 nitrogen and oxygen atoms in total. The SMILES string of the molecule is Nc1cc(C(=O)N2C3CCC2CC(O)C3)ccc1Cl. The number of hydrogen-bond acceptors (Lipinski definition) is 3. The number of rotatable bonds is 1. The van der Waals surface area contributed by atoms with Gasteiger partial charge in [0.15, 0.2) is 0 Å². The van der Waals surface area contributed by atoms with Crippen molar-refractivity contribution in [1.29, 1.82) is 0 Å². The third kappa shape index (κ3) is 2.19. The van der Waals surface area contributed by atoms with Crippen molar-refractivity contribution in [2.24, 2.45) is 0 Å². The summed E-state index contributed by atoms with van der Waals surface area (Å²) in [5, 5.41) is 10.2. The number of fused-ring (bicyclic) bond motifs is 2. The lowest BCUT2D eigenvalue weighted by atomic mass is 9.98. The lowest BCUT2D eigenvalue weighted by molar-refractivity contribution is 0.0287. The van der Waals surface area contributed by atoms with Gasteiger partial charge in [0, 0.05) is 17.6 Å². The van der Waals surface area contributed by atoms with Crippen LogP contribution in [0.4, 0.5) is 5.69 Å². The van der Waals surface area contributed by atoms with Crippen LogP contribution >= 0.6 is 11.6 Å². The number of carbonyl (C=O) groups excluding carboxylic acids is 1. The van der Waals surface area contributed by atoms with E-state index in [1.807, 2.05) is 4.90 Å². The molecule has 5 heteroatoms. The average molecular weight is 281 g/mol. The van der Waals surface area contributed by atoms with Crippen molar-refractivity contribution in [3.05, 3.63) is 28.8 Å². The number of nitrogens with two attached hydrogens (primary N) is 1. The molecule has 3 N–H and O–H groups in total. The van der Waals surface area contributed by atoms with Crippen LogP contribution in [-0.4, -0.2) is 34.1 Å². The smallest absolute Gasteiger partial charge is 0.254 e. The topological polar surface area (TPSA) is 66.6 Å². The molecule has 0 aromatic heterocycles. The number of halogens is 1. The van der Waals surface area contributed by atoms with E-state index in [-0.39, 0.29) is 24.1 Å². The van der Waals surface area contributed by atoms with E-state index in [1.165, 1.54) is 0 Å². The van der Waals surface area contributed by atoms with Crippen molar-refractivity contribution in [3.8, 4) is 0 Å².